The maximum atomic E-state index is 12.7. The summed E-state index contributed by atoms with van der Waals surface area (Å²) in [5.74, 6) is -0.105. The van der Waals surface area contributed by atoms with Crippen LogP contribution in [0.15, 0.2) is 41.8 Å². The van der Waals surface area contributed by atoms with Gasteiger partial charge in [0.2, 0.25) is 0 Å². The van der Waals surface area contributed by atoms with Crippen molar-refractivity contribution in [2.24, 2.45) is 0 Å². The second-order valence-corrected chi connectivity index (χ2v) is 8.19. The van der Waals surface area contributed by atoms with Gasteiger partial charge in [0.15, 0.2) is 5.13 Å². The van der Waals surface area contributed by atoms with E-state index in [1.165, 1.54) is 22.7 Å². The van der Waals surface area contributed by atoms with E-state index in [0.29, 0.717) is 35.1 Å². The average molecular weight is 383 g/mol. The highest BCUT2D eigenvalue weighted by Crippen LogP contribution is 2.29. The molecule has 1 aromatic carbocycles. The third kappa shape index (κ3) is 3.40. The number of hydrogen-bond acceptors (Lipinski definition) is 5. The van der Waals surface area contributed by atoms with Crippen molar-refractivity contribution in [3.8, 4) is 0 Å². The minimum absolute atomic E-state index is 0.0354. The fourth-order valence-electron chi connectivity index (χ4n) is 2.87. The number of fused-ring (bicyclic) bond motifs is 1. The number of nitrogens with one attached hydrogen (secondary N) is 1. The second-order valence-electron chi connectivity index (χ2n) is 6.16. The highest BCUT2D eigenvalue weighted by Gasteiger charge is 2.25. The van der Waals surface area contributed by atoms with E-state index < -0.39 is 0 Å². The van der Waals surface area contributed by atoms with Crippen molar-refractivity contribution in [1.82, 2.24) is 9.88 Å². The lowest BCUT2D eigenvalue weighted by molar-refractivity contribution is 0.0736. The Hall–Kier alpha value is -2.51. The molecule has 0 bridgehead atoms. The molecule has 0 unspecified atom stereocenters. The topological polar surface area (TPSA) is 62.3 Å². The molecule has 2 aromatic heterocycles. The molecule has 3 heterocycles. The summed E-state index contributed by atoms with van der Waals surface area (Å²) in [5.41, 5.74) is 2.82. The van der Waals surface area contributed by atoms with E-state index in [0.717, 1.165) is 16.1 Å². The highest BCUT2D eigenvalue weighted by atomic mass is 32.1. The zero-order chi connectivity index (χ0) is 18.1. The molecular weight excluding hydrogens is 366 g/mol. The van der Waals surface area contributed by atoms with Gasteiger partial charge in [-0.2, -0.15) is 0 Å². The van der Waals surface area contributed by atoms with Crippen molar-refractivity contribution in [2.75, 3.05) is 11.9 Å². The molecule has 4 rings (SSSR count). The van der Waals surface area contributed by atoms with E-state index in [4.69, 9.17) is 0 Å². The van der Waals surface area contributed by atoms with Gasteiger partial charge in [0.25, 0.3) is 11.8 Å². The highest BCUT2D eigenvalue weighted by molar-refractivity contribution is 7.16. The fourth-order valence-corrected chi connectivity index (χ4v) is 4.51. The number of aromatic nitrogens is 1. The maximum absolute atomic E-state index is 12.7. The van der Waals surface area contributed by atoms with Gasteiger partial charge >= 0.3 is 0 Å². The number of amides is 2. The number of carbonyl (C=O) groups is 2. The molecule has 132 valence electrons. The van der Waals surface area contributed by atoms with Crippen molar-refractivity contribution < 1.29 is 9.59 Å². The van der Waals surface area contributed by atoms with Crippen LogP contribution in [0.2, 0.25) is 0 Å². The van der Waals surface area contributed by atoms with Gasteiger partial charge in [-0.15, -0.1) is 11.3 Å². The van der Waals surface area contributed by atoms with Gasteiger partial charge in [-0.25, -0.2) is 4.98 Å². The Balaban J connectivity index is 1.47. The molecule has 0 atom stereocenters. The number of nitrogens with zero attached hydrogens (tertiary/aromatic N) is 2. The Bertz CT molecular complexity index is 946. The van der Waals surface area contributed by atoms with Crippen molar-refractivity contribution in [1.29, 1.82) is 0 Å². The van der Waals surface area contributed by atoms with Gasteiger partial charge in [0.05, 0.1) is 17.1 Å². The van der Waals surface area contributed by atoms with Crippen LogP contribution in [0.5, 0.6) is 0 Å². The molecule has 7 heteroatoms. The van der Waals surface area contributed by atoms with E-state index in [2.05, 4.69) is 10.3 Å². The van der Waals surface area contributed by atoms with E-state index in [1.807, 2.05) is 47.5 Å². The van der Waals surface area contributed by atoms with Crippen LogP contribution in [0.25, 0.3) is 0 Å². The third-order valence-electron chi connectivity index (χ3n) is 4.28. The summed E-state index contributed by atoms with van der Waals surface area (Å²) in [4.78, 5) is 33.0. The van der Waals surface area contributed by atoms with E-state index in [9.17, 15) is 9.59 Å². The predicted molar refractivity (Wildman–Crippen MR) is 104 cm³/mol. The summed E-state index contributed by atoms with van der Waals surface area (Å²) >= 11 is 2.85. The molecule has 5 nitrogen and oxygen atoms in total. The Morgan fingerprint density at radius 2 is 2.00 bits per heavy atom. The Kier molecular flexibility index (Phi) is 4.57. The maximum Gasteiger partial charge on any atom is 0.267 e. The number of thiazole rings is 1. The van der Waals surface area contributed by atoms with Gasteiger partial charge in [-0.05, 0) is 30.5 Å². The van der Waals surface area contributed by atoms with Crippen LogP contribution in [0.1, 0.15) is 36.2 Å². The molecule has 1 aliphatic rings. The lowest BCUT2D eigenvalue weighted by Gasteiger charge is -2.26. The van der Waals surface area contributed by atoms with Gasteiger partial charge in [-0.1, -0.05) is 35.1 Å². The molecule has 26 heavy (non-hydrogen) atoms. The molecular formula is C19H17N3O2S2. The first-order valence-corrected chi connectivity index (χ1v) is 9.99. The average Bonchev–Trinajstić information content (AvgIpc) is 3.30. The quantitative estimate of drug-likeness (QED) is 0.745. The lowest BCUT2D eigenvalue weighted by Crippen LogP contribution is -2.35. The number of benzene rings is 1. The summed E-state index contributed by atoms with van der Waals surface area (Å²) in [6, 6.07) is 11.3. The summed E-state index contributed by atoms with van der Waals surface area (Å²) in [6.07, 6.45) is 0.707. The monoisotopic (exact) mass is 383 g/mol. The smallest absolute Gasteiger partial charge is 0.267 e. The van der Waals surface area contributed by atoms with E-state index in [1.54, 1.807) is 6.07 Å². The molecule has 1 N–H and O–H groups in total. The standard InChI is InChI=1S/C19H17N3O2S2/c1-12-4-6-13(7-5-12)18(24)22-9-8-14-16(11-22)26-19(20-14)21-17(23)15-3-2-10-25-15/h2-7,10H,8-9,11H2,1H3,(H,20,21,23). The molecule has 0 saturated carbocycles. The summed E-state index contributed by atoms with van der Waals surface area (Å²) < 4.78 is 0. The van der Waals surface area contributed by atoms with Crippen molar-refractivity contribution in [3.63, 3.8) is 0 Å². The Morgan fingerprint density at radius 3 is 2.73 bits per heavy atom. The zero-order valence-corrected chi connectivity index (χ0v) is 15.8. The fraction of sp³-hybridized carbons (Fsp3) is 0.211. The number of carbonyl (C=O) groups excluding carboxylic acids is 2. The second kappa shape index (κ2) is 7.01. The van der Waals surface area contributed by atoms with Crippen molar-refractivity contribution >= 4 is 39.6 Å². The van der Waals surface area contributed by atoms with Crippen LogP contribution in [0, 0.1) is 6.92 Å². The van der Waals surface area contributed by atoms with Crippen LogP contribution in [-0.2, 0) is 13.0 Å². The molecule has 0 spiro atoms. The normalized spacial score (nSPS) is 13.3. The largest absolute Gasteiger partial charge is 0.333 e. The molecule has 0 radical (unpaired) electrons. The minimum atomic E-state index is -0.140. The van der Waals surface area contributed by atoms with Gasteiger partial charge < -0.3 is 4.90 Å². The minimum Gasteiger partial charge on any atom is -0.333 e. The molecule has 3 aromatic rings. The SMILES string of the molecule is Cc1ccc(C(=O)N2CCc3nc(NC(=O)c4cccs4)sc3C2)cc1. The summed E-state index contributed by atoms with van der Waals surface area (Å²) in [7, 11) is 0. The van der Waals surface area contributed by atoms with E-state index >= 15 is 0 Å². The molecule has 0 aliphatic carbocycles. The van der Waals surface area contributed by atoms with E-state index in [-0.39, 0.29) is 11.8 Å². The third-order valence-corrected chi connectivity index (χ3v) is 6.15. The number of aryl methyl sites for hydroxylation is 1. The first-order valence-electron chi connectivity index (χ1n) is 8.29. The molecule has 1 aliphatic heterocycles. The Labute approximate surface area is 159 Å². The summed E-state index contributed by atoms with van der Waals surface area (Å²) in [6.45, 7) is 3.18. The first-order chi connectivity index (χ1) is 12.6. The molecule has 0 saturated heterocycles. The summed E-state index contributed by atoms with van der Waals surface area (Å²) in [5, 5.41) is 5.33. The van der Waals surface area contributed by atoms with Crippen LogP contribution < -0.4 is 5.32 Å². The van der Waals surface area contributed by atoms with Crippen LogP contribution in [-0.4, -0.2) is 28.2 Å². The van der Waals surface area contributed by atoms with Gasteiger partial charge in [0, 0.05) is 23.4 Å². The van der Waals surface area contributed by atoms with Crippen molar-refractivity contribution in [3.05, 3.63) is 68.4 Å². The van der Waals surface area contributed by atoms with Gasteiger partial charge in [-0.3, -0.25) is 14.9 Å². The van der Waals surface area contributed by atoms with Crippen LogP contribution >= 0.6 is 22.7 Å². The number of rotatable bonds is 3. The first kappa shape index (κ1) is 16.9. The number of hydrogen-bond donors (Lipinski definition) is 1. The van der Waals surface area contributed by atoms with Gasteiger partial charge in [0.1, 0.15) is 0 Å². The number of thiophene rings is 1. The zero-order valence-electron chi connectivity index (χ0n) is 14.2. The molecule has 0 fully saturated rings. The lowest BCUT2D eigenvalue weighted by atomic mass is 10.1. The molecule has 2 amide bonds. The van der Waals surface area contributed by atoms with Crippen LogP contribution in [0.4, 0.5) is 5.13 Å². The number of anilines is 1. The van der Waals surface area contributed by atoms with Crippen LogP contribution in [0.3, 0.4) is 0 Å². The Morgan fingerprint density at radius 1 is 1.19 bits per heavy atom. The van der Waals surface area contributed by atoms with Crippen molar-refractivity contribution in [2.45, 2.75) is 19.9 Å². The predicted octanol–water partition coefficient (Wildman–Crippen LogP) is 3.96.